The largest absolute Gasteiger partial charge is 0.310 e. The summed E-state index contributed by atoms with van der Waals surface area (Å²) < 4.78 is 1.95. The molecule has 0 unspecified atom stereocenters. The summed E-state index contributed by atoms with van der Waals surface area (Å²) in [4.78, 5) is 2.61. The van der Waals surface area contributed by atoms with Gasteiger partial charge in [-0.2, -0.15) is 5.10 Å². The van der Waals surface area contributed by atoms with E-state index in [-0.39, 0.29) is 0 Å². The first kappa shape index (κ1) is 14.5. The van der Waals surface area contributed by atoms with Crippen molar-refractivity contribution in [3.05, 3.63) is 17.5 Å². The minimum atomic E-state index is 0.678. The molecule has 19 heavy (non-hydrogen) atoms. The number of nitrogens with one attached hydrogen (secondary N) is 1. The van der Waals surface area contributed by atoms with Crippen LogP contribution in [0.2, 0.25) is 0 Å². The number of piperidine rings is 1. The van der Waals surface area contributed by atoms with E-state index in [1.165, 1.54) is 56.6 Å². The fourth-order valence-electron chi connectivity index (χ4n) is 2.71. The molecule has 1 aromatic rings. The van der Waals surface area contributed by atoms with E-state index in [0.29, 0.717) is 6.04 Å². The van der Waals surface area contributed by atoms with Crippen LogP contribution in [0.1, 0.15) is 43.9 Å². The van der Waals surface area contributed by atoms with Crippen LogP contribution in [0.3, 0.4) is 0 Å². The number of likely N-dealkylation sites (tertiary alicyclic amines) is 1. The number of aromatic nitrogens is 2. The molecule has 0 bridgehead atoms. The van der Waals surface area contributed by atoms with Crippen molar-refractivity contribution in [1.82, 2.24) is 20.0 Å². The maximum Gasteiger partial charge on any atom is 0.0537 e. The molecule has 0 saturated carbocycles. The molecular formula is C15H28N4. The van der Waals surface area contributed by atoms with E-state index in [4.69, 9.17) is 0 Å². The Labute approximate surface area is 117 Å². The van der Waals surface area contributed by atoms with Gasteiger partial charge in [0.1, 0.15) is 0 Å². The van der Waals surface area contributed by atoms with Crippen LogP contribution in [-0.4, -0.2) is 40.4 Å². The average molecular weight is 264 g/mol. The maximum absolute atomic E-state index is 4.29. The molecule has 0 spiro atoms. The highest BCUT2D eigenvalue weighted by molar-refractivity contribution is 5.15. The topological polar surface area (TPSA) is 33.1 Å². The van der Waals surface area contributed by atoms with E-state index in [1.807, 2.05) is 17.9 Å². The van der Waals surface area contributed by atoms with Crippen molar-refractivity contribution in [3.63, 3.8) is 0 Å². The van der Waals surface area contributed by atoms with Gasteiger partial charge in [0.25, 0.3) is 0 Å². The smallest absolute Gasteiger partial charge is 0.0537 e. The van der Waals surface area contributed by atoms with Gasteiger partial charge in [-0.05, 0) is 45.8 Å². The number of nitrogens with zero attached hydrogens (tertiary/aromatic N) is 3. The van der Waals surface area contributed by atoms with Gasteiger partial charge in [0.05, 0.1) is 6.20 Å². The van der Waals surface area contributed by atoms with Gasteiger partial charge in [-0.3, -0.25) is 4.68 Å². The highest BCUT2D eigenvalue weighted by Crippen LogP contribution is 2.13. The normalized spacial score (nSPS) is 18.1. The summed E-state index contributed by atoms with van der Waals surface area (Å²) in [5.41, 5.74) is 2.60. The summed E-state index contributed by atoms with van der Waals surface area (Å²) in [7, 11) is 2.01. The highest BCUT2D eigenvalue weighted by Gasteiger charge is 2.18. The molecule has 1 fully saturated rings. The first-order valence-corrected chi connectivity index (χ1v) is 7.64. The van der Waals surface area contributed by atoms with Crippen molar-refractivity contribution in [2.75, 3.05) is 19.6 Å². The molecule has 0 atom stereocenters. The Bertz CT molecular complexity index is 377. The number of hydrogen-bond acceptors (Lipinski definition) is 3. The monoisotopic (exact) mass is 264 g/mol. The van der Waals surface area contributed by atoms with E-state index in [1.54, 1.807) is 0 Å². The highest BCUT2D eigenvalue weighted by atomic mass is 15.3. The van der Waals surface area contributed by atoms with Crippen LogP contribution in [0.25, 0.3) is 0 Å². The van der Waals surface area contributed by atoms with E-state index in [2.05, 4.69) is 29.2 Å². The zero-order valence-electron chi connectivity index (χ0n) is 12.7. The summed E-state index contributed by atoms with van der Waals surface area (Å²) in [5, 5.41) is 7.98. The van der Waals surface area contributed by atoms with E-state index >= 15 is 0 Å². The van der Waals surface area contributed by atoms with Gasteiger partial charge in [-0.25, -0.2) is 0 Å². The number of rotatable bonds is 6. The first-order valence-electron chi connectivity index (χ1n) is 7.64. The fraction of sp³-hybridized carbons (Fsp3) is 0.800. The van der Waals surface area contributed by atoms with Crippen molar-refractivity contribution in [2.45, 2.75) is 52.1 Å². The van der Waals surface area contributed by atoms with Crippen LogP contribution in [-0.2, 0) is 13.6 Å². The van der Waals surface area contributed by atoms with Gasteiger partial charge in [-0.1, -0.05) is 13.3 Å². The Morgan fingerprint density at radius 1 is 1.37 bits per heavy atom. The van der Waals surface area contributed by atoms with E-state index in [0.717, 1.165) is 6.54 Å². The SMILES string of the molecule is CCCCN1CCC(NCc2cnn(C)c2C)CC1. The van der Waals surface area contributed by atoms with E-state index in [9.17, 15) is 0 Å². The third-order valence-electron chi connectivity index (χ3n) is 4.33. The molecule has 2 rings (SSSR count). The van der Waals surface area contributed by atoms with Gasteiger partial charge < -0.3 is 10.2 Å². The molecule has 108 valence electrons. The van der Waals surface area contributed by atoms with Gasteiger partial charge in [-0.15, -0.1) is 0 Å². The second-order valence-electron chi connectivity index (χ2n) is 5.73. The Balaban J connectivity index is 1.70. The molecule has 1 aromatic heterocycles. The lowest BCUT2D eigenvalue weighted by atomic mass is 10.0. The second-order valence-corrected chi connectivity index (χ2v) is 5.73. The molecule has 0 aromatic carbocycles. The van der Waals surface area contributed by atoms with Crippen molar-refractivity contribution in [1.29, 1.82) is 0 Å². The van der Waals surface area contributed by atoms with Crippen LogP contribution in [0, 0.1) is 6.92 Å². The van der Waals surface area contributed by atoms with Crippen molar-refractivity contribution in [3.8, 4) is 0 Å². The van der Waals surface area contributed by atoms with Gasteiger partial charge in [0, 0.05) is 30.9 Å². The van der Waals surface area contributed by atoms with Crippen LogP contribution in [0.15, 0.2) is 6.20 Å². The summed E-state index contributed by atoms with van der Waals surface area (Å²) in [6.45, 7) is 9.15. The number of aryl methyl sites for hydroxylation is 1. The third kappa shape index (κ3) is 4.05. The molecule has 0 radical (unpaired) electrons. The molecule has 0 aliphatic carbocycles. The van der Waals surface area contributed by atoms with Crippen LogP contribution in [0.5, 0.6) is 0 Å². The molecule has 1 saturated heterocycles. The Morgan fingerprint density at radius 3 is 2.68 bits per heavy atom. The zero-order valence-corrected chi connectivity index (χ0v) is 12.7. The lowest BCUT2D eigenvalue weighted by Crippen LogP contribution is -2.42. The van der Waals surface area contributed by atoms with Crippen molar-refractivity contribution in [2.24, 2.45) is 7.05 Å². The zero-order chi connectivity index (χ0) is 13.7. The Morgan fingerprint density at radius 2 is 2.11 bits per heavy atom. The summed E-state index contributed by atoms with van der Waals surface area (Å²) in [6.07, 6.45) is 7.19. The first-order chi connectivity index (χ1) is 9.20. The molecule has 1 aliphatic heterocycles. The summed E-state index contributed by atoms with van der Waals surface area (Å²) >= 11 is 0. The maximum atomic E-state index is 4.29. The minimum absolute atomic E-state index is 0.678. The molecule has 0 amide bonds. The molecule has 1 N–H and O–H groups in total. The van der Waals surface area contributed by atoms with Crippen LogP contribution >= 0.6 is 0 Å². The van der Waals surface area contributed by atoms with Crippen LogP contribution < -0.4 is 5.32 Å². The lowest BCUT2D eigenvalue weighted by molar-refractivity contribution is 0.195. The number of unbranched alkanes of at least 4 members (excludes halogenated alkanes) is 1. The quantitative estimate of drug-likeness (QED) is 0.854. The average Bonchev–Trinajstić information content (AvgIpc) is 2.75. The predicted octanol–water partition coefficient (Wildman–Crippen LogP) is 2.08. The molecule has 4 heteroatoms. The predicted molar refractivity (Wildman–Crippen MR) is 79.2 cm³/mol. The lowest BCUT2D eigenvalue weighted by Gasteiger charge is -2.32. The second kappa shape index (κ2) is 7.06. The molecule has 4 nitrogen and oxygen atoms in total. The van der Waals surface area contributed by atoms with Gasteiger partial charge >= 0.3 is 0 Å². The fourth-order valence-corrected chi connectivity index (χ4v) is 2.71. The van der Waals surface area contributed by atoms with E-state index < -0.39 is 0 Å². The third-order valence-corrected chi connectivity index (χ3v) is 4.33. The van der Waals surface area contributed by atoms with Crippen molar-refractivity contribution >= 4 is 0 Å². The van der Waals surface area contributed by atoms with Crippen LogP contribution in [0.4, 0.5) is 0 Å². The summed E-state index contributed by atoms with van der Waals surface area (Å²) in [5.74, 6) is 0. The Kier molecular flexibility index (Phi) is 5.40. The Hall–Kier alpha value is -0.870. The van der Waals surface area contributed by atoms with Crippen molar-refractivity contribution < 1.29 is 0 Å². The molecular weight excluding hydrogens is 236 g/mol. The molecule has 1 aliphatic rings. The molecule has 2 heterocycles. The van der Waals surface area contributed by atoms with Gasteiger partial charge in [0.15, 0.2) is 0 Å². The number of hydrogen-bond donors (Lipinski definition) is 1. The summed E-state index contributed by atoms with van der Waals surface area (Å²) in [6, 6.07) is 0.678. The minimum Gasteiger partial charge on any atom is -0.310 e. The standard InChI is InChI=1S/C15H28N4/c1-4-5-8-19-9-6-15(7-10-19)16-11-14-12-17-18(3)13(14)2/h12,15-16H,4-11H2,1-3H3. The van der Waals surface area contributed by atoms with Gasteiger partial charge in [0.2, 0.25) is 0 Å².